The highest BCUT2D eigenvalue weighted by atomic mass is 35.5. The van der Waals surface area contributed by atoms with Crippen LogP contribution in [0, 0.1) is 5.92 Å². The number of halogens is 1. The monoisotopic (exact) mass is 298 g/mol. The highest BCUT2D eigenvalue weighted by Crippen LogP contribution is 2.37. The van der Waals surface area contributed by atoms with Crippen LogP contribution in [0.15, 0.2) is 12.1 Å². The Balaban J connectivity index is 1.90. The van der Waals surface area contributed by atoms with Gasteiger partial charge in [0, 0.05) is 24.8 Å². The lowest BCUT2D eigenvalue weighted by atomic mass is 10.0. The van der Waals surface area contributed by atoms with Gasteiger partial charge in [-0.05, 0) is 31.4 Å². The molecule has 5 heteroatoms. The first-order valence-corrected chi connectivity index (χ1v) is 7.46. The van der Waals surface area contributed by atoms with Crippen molar-refractivity contribution < 1.29 is 9.47 Å². The Morgan fingerprint density at radius 2 is 2.25 bits per heavy atom. The lowest BCUT2D eigenvalue weighted by Gasteiger charge is -2.30. The molecule has 1 atom stereocenters. The van der Waals surface area contributed by atoms with Crippen molar-refractivity contribution >= 4 is 17.3 Å². The van der Waals surface area contributed by atoms with Gasteiger partial charge in [0.2, 0.25) is 0 Å². The second kappa shape index (κ2) is 7.04. The molecule has 1 aromatic carbocycles. The molecule has 0 saturated carbocycles. The molecule has 1 heterocycles. The molecule has 1 aliphatic heterocycles. The van der Waals surface area contributed by atoms with Gasteiger partial charge in [0.05, 0.1) is 12.1 Å². The second-order valence-electron chi connectivity index (χ2n) is 5.43. The molecule has 20 heavy (non-hydrogen) atoms. The van der Waals surface area contributed by atoms with Crippen LogP contribution in [0.2, 0.25) is 5.02 Å². The van der Waals surface area contributed by atoms with Crippen LogP contribution < -0.4 is 15.2 Å². The minimum Gasteiger partial charge on any atom is -0.493 e. The molecule has 4 nitrogen and oxygen atoms in total. The SMILES string of the molecule is COc1cc(N)cc(Cl)c1OCCN1CCC[C@@H](C)C1. The van der Waals surface area contributed by atoms with Gasteiger partial charge < -0.3 is 15.2 Å². The maximum atomic E-state index is 6.16. The third-order valence-corrected chi connectivity index (χ3v) is 3.93. The number of anilines is 1. The van der Waals surface area contributed by atoms with Crippen molar-refractivity contribution in [1.82, 2.24) is 4.90 Å². The van der Waals surface area contributed by atoms with Gasteiger partial charge in [-0.2, -0.15) is 0 Å². The van der Waals surface area contributed by atoms with Crippen LogP contribution in [0.3, 0.4) is 0 Å². The van der Waals surface area contributed by atoms with Gasteiger partial charge in [0.1, 0.15) is 6.61 Å². The number of nitrogens with zero attached hydrogens (tertiary/aromatic N) is 1. The maximum absolute atomic E-state index is 6.16. The molecular formula is C15H23ClN2O2. The summed E-state index contributed by atoms with van der Waals surface area (Å²) in [6.07, 6.45) is 2.60. The van der Waals surface area contributed by atoms with Crippen LogP contribution in [-0.2, 0) is 0 Å². The molecule has 1 aliphatic rings. The van der Waals surface area contributed by atoms with E-state index in [4.69, 9.17) is 26.8 Å². The van der Waals surface area contributed by atoms with Crippen molar-refractivity contribution in [3.63, 3.8) is 0 Å². The molecule has 0 spiro atoms. The molecule has 0 radical (unpaired) electrons. The van der Waals surface area contributed by atoms with Gasteiger partial charge in [0.15, 0.2) is 11.5 Å². The topological polar surface area (TPSA) is 47.7 Å². The predicted octanol–water partition coefficient (Wildman–Crippen LogP) is 3.04. The summed E-state index contributed by atoms with van der Waals surface area (Å²) in [4.78, 5) is 2.44. The van der Waals surface area contributed by atoms with Gasteiger partial charge in [0.25, 0.3) is 0 Å². The number of ether oxygens (including phenoxy) is 2. The summed E-state index contributed by atoms with van der Waals surface area (Å²) < 4.78 is 11.1. The first-order chi connectivity index (χ1) is 9.60. The fourth-order valence-electron chi connectivity index (χ4n) is 2.65. The first kappa shape index (κ1) is 15.3. The highest BCUT2D eigenvalue weighted by Gasteiger charge is 2.17. The van der Waals surface area contributed by atoms with Gasteiger partial charge in [-0.3, -0.25) is 4.90 Å². The van der Waals surface area contributed by atoms with Crippen LogP contribution in [0.5, 0.6) is 11.5 Å². The van der Waals surface area contributed by atoms with E-state index in [1.165, 1.54) is 12.8 Å². The zero-order valence-corrected chi connectivity index (χ0v) is 12.9. The molecule has 0 aliphatic carbocycles. The normalized spacial score (nSPS) is 19.9. The fourth-order valence-corrected chi connectivity index (χ4v) is 2.92. The molecule has 112 valence electrons. The van der Waals surface area contributed by atoms with Gasteiger partial charge >= 0.3 is 0 Å². The summed E-state index contributed by atoms with van der Waals surface area (Å²) in [6.45, 7) is 6.12. The number of benzene rings is 1. The minimum absolute atomic E-state index is 0.494. The molecule has 0 aromatic heterocycles. The number of nitrogen functional groups attached to an aromatic ring is 1. The van der Waals surface area contributed by atoms with Gasteiger partial charge in [-0.15, -0.1) is 0 Å². The Bertz CT molecular complexity index is 454. The third kappa shape index (κ3) is 3.93. The van der Waals surface area contributed by atoms with Gasteiger partial charge in [-0.1, -0.05) is 18.5 Å². The Morgan fingerprint density at radius 1 is 1.45 bits per heavy atom. The van der Waals surface area contributed by atoms with Crippen LogP contribution in [0.1, 0.15) is 19.8 Å². The van der Waals surface area contributed by atoms with E-state index in [0.717, 1.165) is 25.6 Å². The molecule has 0 unspecified atom stereocenters. The average Bonchev–Trinajstić information content (AvgIpc) is 2.40. The van der Waals surface area contributed by atoms with Crippen LogP contribution in [0.4, 0.5) is 5.69 Å². The van der Waals surface area contributed by atoms with Crippen molar-refractivity contribution in [1.29, 1.82) is 0 Å². The highest BCUT2D eigenvalue weighted by molar-refractivity contribution is 6.32. The maximum Gasteiger partial charge on any atom is 0.179 e. The first-order valence-electron chi connectivity index (χ1n) is 7.08. The molecule has 2 N–H and O–H groups in total. The summed E-state index contributed by atoms with van der Waals surface area (Å²) in [7, 11) is 1.59. The van der Waals surface area contributed by atoms with E-state index < -0.39 is 0 Å². The Kier molecular flexibility index (Phi) is 5.38. The zero-order chi connectivity index (χ0) is 14.5. The predicted molar refractivity (Wildman–Crippen MR) is 82.7 cm³/mol. The molecule has 0 bridgehead atoms. The van der Waals surface area contributed by atoms with Gasteiger partial charge in [-0.25, -0.2) is 0 Å². The van der Waals surface area contributed by atoms with Crippen LogP contribution in [0.25, 0.3) is 0 Å². The van der Waals surface area contributed by atoms with Crippen LogP contribution in [-0.4, -0.2) is 38.3 Å². The number of likely N-dealkylation sites (tertiary alicyclic amines) is 1. The van der Waals surface area contributed by atoms with Crippen molar-refractivity contribution in [3.05, 3.63) is 17.2 Å². The van der Waals surface area contributed by atoms with E-state index in [-0.39, 0.29) is 0 Å². The van der Waals surface area contributed by atoms with E-state index in [2.05, 4.69) is 11.8 Å². The average molecular weight is 299 g/mol. The van der Waals surface area contributed by atoms with E-state index in [1.54, 1.807) is 19.2 Å². The van der Waals surface area contributed by atoms with E-state index in [0.29, 0.717) is 28.8 Å². The summed E-state index contributed by atoms with van der Waals surface area (Å²) in [5.41, 5.74) is 6.31. The largest absolute Gasteiger partial charge is 0.493 e. The molecule has 1 saturated heterocycles. The Morgan fingerprint density at radius 3 is 2.95 bits per heavy atom. The lowest BCUT2D eigenvalue weighted by Crippen LogP contribution is -2.37. The number of hydrogen-bond donors (Lipinski definition) is 1. The lowest BCUT2D eigenvalue weighted by molar-refractivity contribution is 0.152. The summed E-state index contributed by atoms with van der Waals surface area (Å²) in [5.74, 6) is 1.94. The number of nitrogens with two attached hydrogens (primary N) is 1. The quantitative estimate of drug-likeness (QED) is 0.849. The number of rotatable bonds is 5. The molecular weight excluding hydrogens is 276 g/mol. The molecule has 0 amide bonds. The van der Waals surface area contributed by atoms with E-state index in [1.807, 2.05) is 0 Å². The summed E-state index contributed by atoms with van der Waals surface area (Å²) >= 11 is 6.16. The fraction of sp³-hybridized carbons (Fsp3) is 0.600. The molecule has 2 rings (SSSR count). The van der Waals surface area contributed by atoms with Crippen molar-refractivity contribution in [2.75, 3.05) is 39.1 Å². The number of hydrogen-bond acceptors (Lipinski definition) is 4. The van der Waals surface area contributed by atoms with Crippen molar-refractivity contribution in [3.8, 4) is 11.5 Å². The minimum atomic E-state index is 0.494. The summed E-state index contributed by atoms with van der Waals surface area (Å²) in [6, 6.07) is 3.41. The van der Waals surface area contributed by atoms with Crippen LogP contribution >= 0.6 is 11.6 Å². The smallest absolute Gasteiger partial charge is 0.179 e. The number of piperidine rings is 1. The number of methoxy groups -OCH3 is 1. The third-order valence-electron chi connectivity index (χ3n) is 3.65. The van der Waals surface area contributed by atoms with Crippen molar-refractivity contribution in [2.24, 2.45) is 5.92 Å². The molecule has 1 aromatic rings. The second-order valence-corrected chi connectivity index (χ2v) is 5.84. The standard InChI is InChI=1S/C15H23ClN2O2/c1-11-4-3-5-18(10-11)6-7-20-15-13(16)8-12(17)9-14(15)19-2/h8-9,11H,3-7,10,17H2,1-2H3/t11-/m1/s1. The summed E-state index contributed by atoms with van der Waals surface area (Å²) in [5, 5.41) is 0.494. The van der Waals surface area contributed by atoms with Crippen molar-refractivity contribution in [2.45, 2.75) is 19.8 Å². The Labute approximate surface area is 125 Å². The van der Waals surface area contributed by atoms with E-state index in [9.17, 15) is 0 Å². The zero-order valence-electron chi connectivity index (χ0n) is 12.2. The molecule has 1 fully saturated rings. The Hall–Kier alpha value is -1.13. The van der Waals surface area contributed by atoms with E-state index >= 15 is 0 Å².